The fourth-order valence-corrected chi connectivity index (χ4v) is 1.14. The Morgan fingerprint density at radius 1 is 1.58 bits per heavy atom. The Bertz CT molecular complexity index is 332. The number of rotatable bonds is 2. The van der Waals surface area contributed by atoms with Gasteiger partial charge in [-0.25, -0.2) is 9.79 Å². The molecule has 1 aromatic carbocycles. The van der Waals surface area contributed by atoms with Crippen LogP contribution < -0.4 is 0 Å². The van der Waals surface area contributed by atoms with E-state index < -0.39 is 0 Å². The largest absolute Gasteiger partial charge is 0.508 e. The summed E-state index contributed by atoms with van der Waals surface area (Å²) in [5.41, 5.74) is 0.613. The monoisotopic (exact) mass is 227 g/mol. The molecule has 0 bridgehead atoms. The second-order valence-electron chi connectivity index (χ2n) is 2.18. The number of hydrogen-bond donors (Lipinski definition) is 1. The summed E-state index contributed by atoms with van der Waals surface area (Å²) in [7, 11) is 0. The number of hydrogen-bond acceptors (Lipinski definition) is 3. The average molecular weight is 228 g/mol. The van der Waals surface area contributed by atoms with Crippen molar-refractivity contribution in [3.05, 3.63) is 28.2 Å². The van der Waals surface area contributed by atoms with Gasteiger partial charge in [0.15, 0.2) is 0 Å². The first kappa shape index (κ1) is 8.97. The summed E-state index contributed by atoms with van der Waals surface area (Å²) < 4.78 is 0.791. The summed E-state index contributed by atoms with van der Waals surface area (Å²) >= 11 is 3.20. The van der Waals surface area contributed by atoms with Gasteiger partial charge in [0.05, 0.1) is 6.54 Å². The molecule has 3 nitrogen and oxygen atoms in total. The highest BCUT2D eigenvalue weighted by Crippen LogP contribution is 2.22. The Morgan fingerprint density at radius 2 is 2.33 bits per heavy atom. The summed E-state index contributed by atoms with van der Waals surface area (Å²) in [5, 5.41) is 9.30. The van der Waals surface area contributed by atoms with E-state index in [1.165, 1.54) is 6.08 Å². The van der Waals surface area contributed by atoms with Crippen LogP contribution in [0.25, 0.3) is 0 Å². The van der Waals surface area contributed by atoms with E-state index in [9.17, 15) is 9.90 Å². The Kier molecular flexibility index (Phi) is 3.02. The van der Waals surface area contributed by atoms with Crippen molar-refractivity contribution < 1.29 is 9.90 Å². The molecular formula is C8H6BrNO2. The first-order valence-corrected chi connectivity index (χ1v) is 4.04. The van der Waals surface area contributed by atoms with Crippen LogP contribution in [-0.2, 0) is 11.3 Å². The first-order chi connectivity index (χ1) is 5.74. The molecule has 0 atom stereocenters. The maximum Gasteiger partial charge on any atom is 0.235 e. The van der Waals surface area contributed by atoms with Gasteiger partial charge in [-0.3, -0.25) is 0 Å². The Hall–Kier alpha value is -1.12. The Labute approximate surface area is 77.9 Å². The zero-order chi connectivity index (χ0) is 8.97. The van der Waals surface area contributed by atoms with Gasteiger partial charge in [-0.05, 0) is 12.1 Å². The molecule has 0 saturated carbocycles. The maximum absolute atomic E-state index is 9.77. The highest BCUT2D eigenvalue weighted by Gasteiger charge is 1.99. The van der Waals surface area contributed by atoms with E-state index in [2.05, 4.69) is 20.9 Å². The number of halogens is 1. The quantitative estimate of drug-likeness (QED) is 0.621. The van der Waals surface area contributed by atoms with Crippen molar-refractivity contribution in [3.63, 3.8) is 0 Å². The minimum Gasteiger partial charge on any atom is -0.508 e. The van der Waals surface area contributed by atoms with Crippen LogP contribution in [0.5, 0.6) is 5.75 Å². The van der Waals surface area contributed by atoms with Gasteiger partial charge in [0, 0.05) is 10.0 Å². The molecule has 4 heteroatoms. The number of phenolic OH excluding ortho intramolecular Hbond substituents is 1. The minimum absolute atomic E-state index is 0.128. The topological polar surface area (TPSA) is 49.7 Å². The van der Waals surface area contributed by atoms with E-state index >= 15 is 0 Å². The van der Waals surface area contributed by atoms with Crippen molar-refractivity contribution in [1.82, 2.24) is 0 Å². The third-order valence-corrected chi connectivity index (χ3v) is 1.85. The van der Waals surface area contributed by atoms with Crippen molar-refractivity contribution in [2.24, 2.45) is 4.99 Å². The van der Waals surface area contributed by atoms with Gasteiger partial charge in [0.1, 0.15) is 5.75 Å². The zero-order valence-corrected chi connectivity index (χ0v) is 7.71. The number of isocyanates is 1. The number of benzene rings is 1. The average Bonchev–Trinajstić information content (AvgIpc) is 2.03. The van der Waals surface area contributed by atoms with Crippen LogP contribution in [0.1, 0.15) is 5.56 Å². The van der Waals surface area contributed by atoms with E-state index in [1.54, 1.807) is 18.2 Å². The van der Waals surface area contributed by atoms with Gasteiger partial charge in [-0.1, -0.05) is 22.0 Å². The SMILES string of the molecule is O=C=NCc1ccc(Br)cc1O. The van der Waals surface area contributed by atoms with E-state index in [0.29, 0.717) is 5.56 Å². The van der Waals surface area contributed by atoms with E-state index in [-0.39, 0.29) is 12.3 Å². The molecule has 1 aromatic rings. The molecule has 0 radical (unpaired) electrons. The lowest BCUT2D eigenvalue weighted by Gasteiger charge is -1.99. The van der Waals surface area contributed by atoms with Crippen molar-refractivity contribution in [3.8, 4) is 5.75 Å². The second-order valence-corrected chi connectivity index (χ2v) is 3.10. The normalized spacial score (nSPS) is 9.08. The predicted molar refractivity (Wildman–Crippen MR) is 47.6 cm³/mol. The molecule has 1 rings (SSSR count). The van der Waals surface area contributed by atoms with Gasteiger partial charge in [0.25, 0.3) is 0 Å². The van der Waals surface area contributed by atoms with Crippen molar-refractivity contribution in [2.75, 3.05) is 0 Å². The molecule has 0 spiro atoms. The molecule has 0 saturated heterocycles. The molecular weight excluding hydrogens is 222 g/mol. The Balaban J connectivity index is 2.93. The van der Waals surface area contributed by atoms with Crippen LogP contribution in [0.15, 0.2) is 27.7 Å². The molecule has 0 aliphatic carbocycles. The van der Waals surface area contributed by atoms with Crippen LogP contribution in [-0.4, -0.2) is 11.2 Å². The molecule has 0 aromatic heterocycles. The van der Waals surface area contributed by atoms with Gasteiger partial charge < -0.3 is 5.11 Å². The maximum atomic E-state index is 9.77. The lowest BCUT2D eigenvalue weighted by molar-refractivity contribution is 0.468. The molecule has 62 valence electrons. The molecule has 0 amide bonds. The molecule has 0 aliphatic rings. The first-order valence-electron chi connectivity index (χ1n) is 3.25. The fraction of sp³-hybridized carbons (Fsp3) is 0.125. The number of phenols is 1. The van der Waals surface area contributed by atoms with Crippen LogP contribution in [0.2, 0.25) is 0 Å². The third kappa shape index (κ3) is 2.19. The van der Waals surface area contributed by atoms with Crippen molar-refractivity contribution in [2.45, 2.75) is 6.54 Å². The van der Waals surface area contributed by atoms with Gasteiger partial charge in [-0.15, -0.1) is 0 Å². The lowest BCUT2D eigenvalue weighted by atomic mass is 10.2. The highest BCUT2D eigenvalue weighted by molar-refractivity contribution is 9.10. The van der Waals surface area contributed by atoms with Gasteiger partial charge >= 0.3 is 0 Å². The molecule has 1 N–H and O–H groups in total. The predicted octanol–water partition coefficient (Wildman–Crippen LogP) is 1.99. The zero-order valence-electron chi connectivity index (χ0n) is 6.12. The summed E-state index contributed by atoms with van der Waals surface area (Å²) in [4.78, 5) is 13.1. The summed E-state index contributed by atoms with van der Waals surface area (Å²) in [6.07, 6.45) is 1.41. The summed E-state index contributed by atoms with van der Waals surface area (Å²) in [5.74, 6) is 0.128. The van der Waals surface area contributed by atoms with Gasteiger partial charge in [-0.2, -0.15) is 0 Å². The van der Waals surface area contributed by atoms with E-state index in [4.69, 9.17) is 0 Å². The van der Waals surface area contributed by atoms with Crippen LogP contribution in [0.3, 0.4) is 0 Å². The Morgan fingerprint density at radius 3 is 2.92 bits per heavy atom. The number of aromatic hydroxyl groups is 1. The molecule has 12 heavy (non-hydrogen) atoms. The van der Waals surface area contributed by atoms with Gasteiger partial charge in [0.2, 0.25) is 6.08 Å². The standard InChI is InChI=1S/C8H6BrNO2/c9-7-2-1-6(4-10-5-11)8(12)3-7/h1-3,12H,4H2. The molecule has 0 heterocycles. The number of nitrogens with zero attached hydrogens (tertiary/aromatic N) is 1. The van der Waals surface area contributed by atoms with Crippen LogP contribution in [0, 0.1) is 0 Å². The minimum atomic E-state index is 0.128. The highest BCUT2D eigenvalue weighted by atomic mass is 79.9. The number of aliphatic imine (C=N–C) groups is 1. The van der Waals surface area contributed by atoms with Crippen molar-refractivity contribution in [1.29, 1.82) is 0 Å². The van der Waals surface area contributed by atoms with Crippen LogP contribution >= 0.6 is 15.9 Å². The summed E-state index contributed by atoms with van der Waals surface area (Å²) in [6, 6.07) is 5.02. The van der Waals surface area contributed by atoms with E-state index in [0.717, 1.165) is 4.47 Å². The van der Waals surface area contributed by atoms with Crippen LogP contribution in [0.4, 0.5) is 0 Å². The fourth-order valence-electron chi connectivity index (χ4n) is 0.788. The molecule has 0 aliphatic heterocycles. The third-order valence-electron chi connectivity index (χ3n) is 1.36. The smallest absolute Gasteiger partial charge is 0.235 e. The molecule has 0 unspecified atom stereocenters. The van der Waals surface area contributed by atoms with E-state index in [1.807, 2.05) is 0 Å². The second kappa shape index (κ2) is 4.04. The number of carbonyl (C=O) groups excluding carboxylic acids is 1. The van der Waals surface area contributed by atoms with Crippen molar-refractivity contribution >= 4 is 22.0 Å². The summed E-state index contributed by atoms with van der Waals surface area (Å²) in [6.45, 7) is 0.169. The molecule has 0 fully saturated rings. The lowest BCUT2D eigenvalue weighted by Crippen LogP contribution is -1.81.